The molecular formula is C35H59ClN4Si2. The molecule has 2 aromatic rings. The summed E-state index contributed by atoms with van der Waals surface area (Å²) >= 11 is 8.93. The lowest BCUT2D eigenvalue weighted by atomic mass is 9.96. The van der Waals surface area contributed by atoms with E-state index in [1.807, 2.05) is 0 Å². The predicted molar refractivity (Wildman–Crippen MR) is 193 cm³/mol. The Morgan fingerprint density at radius 2 is 0.762 bits per heavy atom. The van der Waals surface area contributed by atoms with E-state index < -0.39 is 15.1 Å². The minimum absolute atomic E-state index is 0.0922. The van der Waals surface area contributed by atoms with E-state index in [4.69, 9.17) is 11.1 Å². The van der Waals surface area contributed by atoms with Crippen molar-refractivity contribution in [2.24, 2.45) is 21.7 Å². The molecule has 4 rings (SSSR count). The van der Waals surface area contributed by atoms with Gasteiger partial charge >= 0.3 is 15.1 Å². The minimum Gasteiger partial charge on any atom is -0.377 e. The van der Waals surface area contributed by atoms with Crippen LogP contribution in [0.25, 0.3) is 0 Å². The highest BCUT2D eigenvalue weighted by Gasteiger charge is 2.75. The zero-order valence-corrected chi connectivity index (χ0v) is 31.8. The Bertz CT molecular complexity index is 1170. The maximum atomic E-state index is 8.93. The molecule has 4 nitrogen and oxygen atoms in total. The zero-order valence-electron chi connectivity index (χ0n) is 29.0. The van der Waals surface area contributed by atoms with Crippen LogP contribution >= 0.6 is 11.1 Å². The van der Waals surface area contributed by atoms with Crippen LogP contribution < -0.4 is 18.3 Å². The van der Waals surface area contributed by atoms with Gasteiger partial charge in [0.15, 0.2) is 0 Å². The van der Waals surface area contributed by atoms with Crippen LogP contribution in [0.2, 0.25) is 6.04 Å². The average molecular weight is 628 g/mol. The van der Waals surface area contributed by atoms with Crippen LogP contribution in [-0.4, -0.2) is 41.3 Å². The van der Waals surface area contributed by atoms with Crippen molar-refractivity contribution < 1.29 is 0 Å². The second-order valence-electron chi connectivity index (χ2n) is 17.7. The second-order valence-corrected chi connectivity index (χ2v) is 30.2. The molecule has 2 heterocycles. The first-order valence-electron chi connectivity index (χ1n) is 16.1. The highest BCUT2D eigenvalue weighted by Crippen LogP contribution is 2.58. The summed E-state index contributed by atoms with van der Waals surface area (Å²) in [6, 6.07) is 19.5. The van der Waals surface area contributed by atoms with Crippen molar-refractivity contribution in [2.75, 3.05) is 44.4 Å². The fraction of sp³-hybridized carbons (Fsp3) is 0.657. The largest absolute Gasteiger partial charge is 0.395 e. The van der Waals surface area contributed by atoms with Crippen LogP contribution in [-0.2, 0) is 0 Å². The Balaban J connectivity index is 2.15. The molecule has 0 aliphatic carbocycles. The van der Waals surface area contributed by atoms with Crippen LogP contribution in [0, 0.1) is 21.7 Å². The topological polar surface area (TPSA) is 13.0 Å². The van der Waals surface area contributed by atoms with Crippen LogP contribution in [0.5, 0.6) is 0 Å². The number of halogens is 1. The zero-order chi connectivity index (χ0) is 31.5. The lowest BCUT2D eigenvalue weighted by Crippen LogP contribution is -2.87. The van der Waals surface area contributed by atoms with Gasteiger partial charge in [0.25, 0.3) is 0 Å². The molecule has 0 saturated heterocycles. The Labute approximate surface area is 265 Å². The van der Waals surface area contributed by atoms with Gasteiger partial charge < -0.3 is 18.3 Å². The smallest absolute Gasteiger partial charge is 0.377 e. The molecule has 0 N–H and O–H groups in total. The molecule has 42 heavy (non-hydrogen) atoms. The molecule has 0 spiro atoms. The molecule has 2 aromatic carbocycles. The van der Waals surface area contributed by atoms with Crippen LogP contribution in [0.3, 0.4) is 0 Å². The summed E-state index contributed by atoms with van der Waals surface area (Å²) in [4.78, 5) is 0. The average Bonchev–Trinajstić information content (AvgIpc) is 3.20. The number of para-hydroxylation sites is 4. The minimum atomic E-state index is -3.00. The summed E-state index contributed by atoms with van der Waals surface area (Å²) in [7, 11) is -5.71. The fourth-order valence-electron chi connectivity index (χ4n) is 7.11. The van der Waals surface area contributed by atoms with Crippen molar-refractivity contribution >= 4 is 49.0 Å². The number of hydrogen-bond donors (Lipinski definition) is 0. The molecule has 0 unspecified atom stereocenters. The van der Waals surface area contributed by atoms with Crippen molar-refractivity contribution in [2.45, 2.75) is 102 Å². The predicted octanol–water partition coefficient (Wildman–Crippen LogP) is 9.93. The number of benzene rings is 2. The highest BCUT2D eigenvalue weighted by molar-refractivity contribution is 7.64. The van der Waals surface area contributed by atoms with E-state index in [2.05, 4.69) is 157 Å². The van der Waals surface area contributed by atoms with E-state index in [9.17, 15) is 0 Å². The number of anilines is 4. The molecule has 7 heteroatoms. The fourth-order valence-corrected chi connectivity index (χ4v) is 28.2. The first-order valence-corrected chi connectivity index (χ1v) is 22.1. The normalized spacial score (nSPS) is 18.5. The molecule has 0 fully saturated rings. The van der Waals surface area contributed by atoms with Crippen LogP contribution in [0.15, 0.2) is 48.5 Å². The van der Waals surface area contributed by atoms with Gasteiger partial charge in [0, 0.05) is 26.2 Å². The van der Waals surface area contributed by atoms with Gasteiger partial charge in [-0.3, -0.25) is 0 Å². The van der Waals surface area contributed by atoms with Gasteiger partial charge in [-0.1, -0.05) is 121 Å². The van der Waals surface area contributed by atoms with Crippen molar-refractivity contribution in [3.63, 3.8) is 0 Å². The summed E-state index contributed by atoms with van der Waals surface area (Å²) < 4.78 is 11.4. The third kappa shape index (κ3) is 6.14. The Kier molecular flexibility index (Phi) is 8.76. The van der Waals surface area contributed by atoms with E-state index in [0.29, 0.717) is 0 Å². The molecule has 2 aliphatic rings. The maximum absolute atomic E-state index is 8.93. The van der Waals surface area contributed by atoms with Gasteiger partial charge in [0.1, 0.15) is 0 Å². The molecular weight excluding hydrogens is 568 g/mol. The molecule has 0 amide bonds. The third-order valence-corrected chi connectivity index (χ3v) is 26.2. The van der Waals surface area contributed by atoms with Crippen LogP contribution in [0.1, 0.15) is 96.4 Å². The molecule has 0 atom stereocenters. The van der Waals surface area contributed by atoms with Gasteiger partial charge in [-0.25, -0.2) is 0 Å². The van der Waals surface area contributed by atoms with Crippen LogP contribution in [0.4, 0.5) is 22.7 Å². The van der Waals surface area contributed by atoms with Crippen molar-refractivity contribution in [3.8, 4) is 0 Å². The Morgan fingerprint density at radius 3 is 1.02 bits per heavy atom. The Hall–Kier alpha value is -1.64. The number of rotatable bonds is 7. The summed E-state index contributed by atoms with van der Waals surface area (Å²) in [5, 5.41) is 0. The van der Waals surface area contributed by atoms with E-state index in [0.717, 1.165) is 38.6 Å². The molecule has 234 valence electrons. The highest BCUT2D eigenvalue weighted by atomic mass is 35.6. The lowest BCUT2D eigenvalue weighted by Gasteiger charge is -2.57. The Morgan fingerprint density at radius 1 is 0.500 bits per heavy atom. The molecule has 0 bridgehead atoms. The molecule has 0 radical (unpaired) electrons. The van der Waals surface area contributed by atoms with Crippen molar-refractivity contribution in [1.29, 1.82) is 0 Å². The third-order valence-electron chi connectivity index (χ3n) is 8.17. The van der Waals surface area contributed by atoms with Gasteiger partial charge in [-0.2, -0.15) is 0 Å². The molecule has 2 aliphatic heterocycles. The first kappa shape index (κ1) is 33.3. The summed E-state index contributed by atoms with van der Waals surface area (Å²) in [6.07, 6.45) is 1.12. The van der Waals surface area contributed by atoms with Gasteiger partial charge in [0.2, 0.25) is 0 Å². The van der Waals surface area contributed by atoms with Crippen molar-refractivity contribution in [1.82, 2.24) is 0 Å². The summed E-state index contributed by atoms with van der Waals surface area (Å²) in [5.74, 6) is 0. The SMILES string of the molecule is CCC[Si]1([Si]2(Cl)N(CC(C)(C)C)c3ccccc3N2CC(C)(C)C)N(CC(C)(C)C)c2ccccc2N1CC(C)(C)C. The standard InChI is InChI=1S/C35H59ClN4Si2/c1-14-23-41(37(24-32(2,3)4)28-19-15-16-20-29(28)38(41)25-33(5,6)7)42(36)39(26-34(8,9)10)30-21-17-18-22-31(30)40(42)27-35(11,12)13/h15-22H,14,23-27H2,1-13H3. The van der Waals surface area contributed by atoms with E-state index in [1.165, 1.54) is 22.7 Å². The number of nitrogens with zero attached hydrogens (tertiary/aromatic N) is 4. The second kappa shape index (κ2) is 11.1. The summed E-state index contributed by atoms with van der Waals surface area (Å²) in [6.45, 7) is 35.0. The van der Waals surface area contributed by atoms with E-state index >= 15 is 0 Å². The number of hydrogen-bond acceptors (Lipinski definition) is 4. The molecule has 0 saturated carbocycles. The first-order chi connectivity index (χ1) is 19.1. The lowest BCUT2D eigenvalue weighted by molar-refractivity contribution is 0.418. The molecule has 0 aromatic heterocycles. The maximum Gasteiger partial charge on any atom is 0.395 e. The number of fused-ring (bicyclic) bond motifs is 2. The quantitative estimate of drug-likeness (QED) is 0.224. The van der Waals surface area contributed by atoms with Crippen molar-refractivity contribution in [3.05, 3.63) is 48.5 Å². The van der Waals surface area contributed by atoms with Gasteiger partial charge in [-0.15, -0.1) is 11.1 Å². The monoisotopic (exact) mass is 626 g/mol. The van der Waals surface area contributed by atoms with E-state index in [-0.39, 0.29) is 21.7 Å². The van der Waals surface area contributed by atoms with Gasteiger partial charge in [0.05, 0.1) is 22.7 Å². The van der Waals surface area contributed by atoms with Gasteiger partial charge in [-0.05, 0) is 52.0 Å². The summed E-state index contributed by atoms with van der Waals surface area (Å²) in [5.41, 5.74) is 5.89. The van der Waals surface area contributed by atoms with E-state index in [1.54, 1.807) is 0 Å².